The number of aromatic nitrogens is 2. The van der Waals surface area contributed by atoms with Crippen molar-refractivity contribution in [2.24, 2.45) is 0 Å². The molecular weight excluding hydrogens is 364 g/mol. The van der Waals surface area contributed by atoms with Crippen LogP contribution in [0.3, 0.4) is 0 Å². The van der Waals surface area contributed by atoms with Crippen LogP contribution in [0.2, 0.25) is 5.02 Å². The molecule has 2 aromatic heterocycles. The zero-order chi connectivity index (χ0) is 17.3. The van der Waals surface area contributed by atoms with E-state index in [0.717, 1.165) is 36.4 Å². The van der Waals surface area contributed by atoms with Crippen molar-refractivity contribution in [1.29, 1.82) is 0 Å². The van der Waals surface area contributed by atoms with Gasteiger partial charge in [0.25, 0.3) is 0 Å². The molecule has 1 atom stereocenters. The quantitative estimate of drug-likeness (QED) is 0.664. The van der Waals surface area contributed by atoms with E-state index >= 15 is 0 Å². The minimum atomic E-state index is -0.263. The number of carbonyl (C=O) groups is 1. The molecule has 3 heterocycles. The Kier molecular flexibility index (Phi) is 5.27. The van der Waals surface area contributed by atoms with Gasteiger partial charge in [0.1, 0.15) is 4.88 Å². The first-order chi connectivity index (χ1) is 11.5. The summed E-state index contributed by atoms with van der Waals surface area (Å²) in [5, 5.41) is 5.05. The second-order valence-corrected chi connectivity index (χ2v) is 9.02. The third kappa shape index (κ3) is 3.11. The van der Waals surface area contributed by atoms with Gasteiger partial charge in [0.15, 0.2) is 0 Å². The van der Waals surface area contributed by atoms with Gasteiger partial charge in [-0.05, 0) is 38.5 Å². The first-order valence-corrected chi connectivity index (χ1v) is 10.3. The van der Waals surface area contributed by atoms with Gasteiger partial charge in [-0.1, -0.05) is 18.5 Å². The van der Waals surface area contributed by atoms with Crippen LogP contribution in [0.25, 0.3) is 11.3 Å². The van der Waals surface area contributed by atoms with E-state index in [-0.39, 0.29) is 10.7 Å². The molecule has 130 valence electrons. The molecule has 1 unspecified atom stereocenters. The Morgan fingerprint density at radius 3 is 3.04 bits per heavy atom. The number of thioether (sulfide) groups is 1. The lowest BCUT2D eigenvalue weighted by Crippen LogP contribution is -2.18. The van der Waals surface area contributed by atoms with Crippen molar-refractivity contribution in [3.05, 3.63) is 27.0 Å². The molecule has 0 aliphatic carbocycles. The molecule has 4 nitrogen and oxygen atoms in total. The maximum atomic E-state index is 12.2. The molecule has 2 aromatic rings. The normalized spacial score (nSPS) is 19.5. The molecule has 0 fully saturated rings. The number of ether oxygens (including phenoxy) is 1. The highest BCUT2D eigenvalue weighted by atomic mass is 35.5. The van der Waals surface area contributed by atoms with Crippen molar-refractivity contribution < 1.29 is 9.53 Å². The molecule has 0 N–H and O–H groups in total. The van der Waals surface area contributed by atoms with Crippen LogP contribution in [0.4, 0.5) is 0 Å². The SMILES string of the molecule is CCCSC1(C)CCn2ncc(Cl)c2-c2cc(C(=O)OCC)sc21. The number of fused-ring (bicyclic) bond motifs is 3. The third-order valence-electron chi connectivity index (χ3n) is 4.16. The Morgan fingerprint density at radius 1 is 1.54 bits per heavy atom. The van der Waals surface area contributed by atoms with Gasteiger partial charge in [-0.3, -0.25) is 4.68 Å². The van der Waals surface area contributed by atoms with E-state index in [0.29, 0.717) is 16.5 Å². The summed E-state index contributed by atoms with van der Waals surface area (Å²) in [6, 6.07) is 1.92. The molecule has 1 aliphatic heterocycles. The van der Waals surface area contributed by atoms with Crippen LogP contribution in [0.15, 0.2) is 12.3 Å². The van der Waals surface area contributed by atoms with Crippen molar-refractivity contribution in [2.75, 3.05) is 12.4 Å². The van der Waals surface area contributed by atoms with E-state index in [2.05, 4.69) is 18.9 Å². The average molecular weight is 385 g/mol. The largest absolute Gasteiger partial charge is 0.462 e. The van der Waals surface area contributed by atoms with Crippen LogP contribution in [0.5, 0.6) is 0 Å². The fourth-order valence-electron chi connectivity index (χ4n) is 2.96. The number of thiophene rings is 1. The highest BCUT2D eigenvalue weighted by molar-refractivity contribution is 8.00. The van der Waals surface area contributed by atoms with Crippen LogP contribution >= 0.6 is 34.7 Å². The lowest BCUT2D eigenvalue weighted by atomic mass is 10.0. The Morgan fingerprint density at radius 2 is 2.33 bits per heavy atom. The van der Waals surface area contributed by atoms with Crippen molar-refractivity contribution in [3.63, 3.8) is 0 Å². The highest BCUT2D eigenvalue weighted by Crippen LogP contribution is 2.51. The highest BCUT2D eigenvalue weighted by Gasteiger charge is 2.37. The number of halogens is 1. The number of esters is 1. The van der Waals surface area contributed by atoms with Crippen molar-refractivity contribution in [1.82, 2.24) is 9.78 Å². The molecule has 7 heteroatoms. The van der Waals surface area contributed by atoms with E-state index in [4.69, 9.17) is 16.3 Å². The molecule has 0 saturated heterocycles. The summed E-state index contributed by atoms with van der Waals surface area (Å²) in [6.45, 7) is 7.48. The minimum absolute atomic E-state index is 0.0508. The van der Waals surface area contributed by atoms with Gasteiger partial charge < -0.3 is 4.74 Å². The van der Waals surface area contributed by atoms with Gasteiger partial charge in [-0.2, -0.15) is 5.10 Å². The van der Waals surface area contributed by atoms with Crippen LogP contribution in [0.1, 0.15) is 48.2 Å². The number of hydrogen-bond acceptors (Lipinski definition) is 5. The molecule has 0 aromatic carbocycles. The Balaban J connectivity index is 2.13. The van der Waals surface area contributed by atoms with E-state index in [1.165, 1.54) is 16.2 Å². The number of rotatable bonds is 5. The summed E-state index contributed by atoms with van der Waals surface area (Å²) in [7, 11) is 0. The van der Waals surface area contributed by atoms with Gasteiger partial charge >= 0.3 is 5.97 Å². The van der Waals surface area contributed by atoms with Crippen molar-refractivity contribution >= 4 is 40.7 Å². The van der Waals surface area contributed by atoms with E-state index in [9.17, 15) is 4.79 Å². The van der Waals surface area contributed by atoms with Crippen LogP contribution in [-0.4, -0.2) is 28.1 Å². The van der Waals surface area contributed by atoms with E-state index < -0.39 is 0 Å². The lowest BCUT2D eigenvalue weighted by molar-refractivity contribution is 0.0532. The molecule has 3 rings (SSSR count). The third-order valence-corrected chi connectivity index (χ3v) is 7.61. The minimum Gasteiger partial charge on any atom is -0.462 e. The van der Waals surface area contributed by atoms with Crippen molar-refractivity contribution in [3.8, 4) is 11.3 Å². The zero-order valence-corrected chi connectivity index (χ0v) is 16.5. The van der Waals surface area contributed by atoms with Gasteiger partial charge in [0.2, 0.25) is 0 Å². The first kappa shape index (κ1) is 17.8. The van der Waals surface area contributed by atoms with Gasteiger partial charge in [0.05, 0.1) is 23.5 Å². The molecule has 24 heavy (non-hydrogen) atoms. The number of nitrogens with zero attached hydrogens (tertiary/aromatic N) is 2. The predicted octanol–water partition coefficient (Wildman–Crippen LogP) is 5.20. The molecule has 0 amide bonds. The Labute approximate surface area is 155 Å². The molecule has 1 aliphatic rings. The second kappa shape index (κ2) is 7.10. The maximum Gasteiger partial charge on any atom is 0.348 e. The Bertz CT molecular complexity index is 756. The van der Waals surface area contributed by atoms with Crippen LogP contribution < -0.4 is 0 Å². The second-order valence-electron chi connectivity index (χ2n) is 5.97. The molecule has 0 bridgehead atoms. The average Bonchev–Trinajstić information content (AvgIpc) is 3.12. The fraction of sp³-hybridized carbons (Fsp3) is 0.529. The molecule has 0 spiro atoms. The van der Waals surface area contributed by atoms with Crippen LogP contribution in [-0.2, 0) is 16.0 Å². The fourth-order valence-corrected chi connectivity index (χ4v) is 5.76. The topological polar surface area (TPSA) is 44.1 Å². The maximum absolute atomic E-state index is 12.2. The molecule has 0 saturated carbocycles. The summed E-state index contributed by atoms with van der Waals surface area (Å²) < 4.78 is 7.10. The van der Waals surface area contributed by atoms with E-state index in [1.807, 2.05) is 29.4 Å². The summed E-state index contributed by atoms with van der Waals surface area (Å²) in [4.78, 5) is 14.1. The van der Waals surface area contributed by atoms with Gasteiger partial charge in [-0.25, -0.2) is 4.79 Å². The Hall–Kier alpha value is -0.980. The zero-order valence-electron chi connectivity index (χ0n) is 14.1. The summed E-state index contributed by atoms with van der Waals surface area (Å²) in [5.74, 6) is 0.819. The number of aryl methyl sites for hydroxylation is 1. The van der Waals surface area contributed by atoms with Gasteiger partial charge in [0, 0.05) is 21.7 Å². The first-order valence-electron chi connectivity index (χ1n) is 8.17. The standard InChI is InChI=1S/C17H21ClN2O2S2/c1-4-8-23-17(3)6-7-20-14(12(18)10-19-20)11-9-13(24-15(11)17)16(21)22-5-2/h9-10H,4-8H2,1-3H3. The smallest absolute Gasteiger partial charge is 0.348 e. The monoisotopic (exact) mass is 384 g/mol. The van der Waals surface area contributed by atoms with Gasteiger partial charge in [-0.15, -0.1) is 23.1 Å². The molecule has 0 radical (unpaired) electrons. The number of hydrogen-bond donors (Lipinski definition) is 0. The lowest BCUT2D eigenvalue weighted by Gasteiger charge is -2.27. The molecular formula is C17H21ClN2O2S2. The summed E-state index contributed by atoms with van der Waals surface area (Å²) in [6.07, 6.45) is 3.76. The van der Waals surface area contributed by atoms with E-state index in [1.54, 1.807) is 6.20 Å². The predicted molar refractivity (Wildman–Crippen MR) is 101 cm³/mol. The number of carbonyl (C=O) groups excluding carboxylic acids is 1. The van der Waals surface area contributed by atoms with Crippen molar-refractivity contribution in [2.45, 2.75) is 44.9 Å². The van der Waals surface area contributed by atoms with Crippen LogP contribution in [0, 0.1) is 0 Å². The summed E-state index contributed by atoms with van der Waals surface area (Å²) in [5.41, 5.74) is 1.94. The summed E-state index contributed by atoms with van der Waals surface area (Å²) >= 11 is 9.89.